The van der Waals surface area contributed by atoms with Crippen molar-refractivity contribution in [2.24, 2.45) is 0 Å². The van der Waals surface area contributed by atoms with E-state index in [2.05, 4.69) is 18.0 Å². The number of hydrogen-bond acceptors (Lipinski definition) is 2. The van der Waals surface area contributed by atoms with Crippen LogP contribution in [-0.4, -0.2) is 4.98 Å². The Morgan fingerprint density at radius 3 is 2.27 bits per heavy atom. The highest BCUT2D eigenvalue weighted by atomic mass is 14.7. The van der Waals surface area contributed by atoms with E-state index < -0.39 is 0 Å². The van der Waals surface area contributed by atoms with Gasteiger partial charge in [0.1, 0.15) is 0 Å². The van der Waals surface area contributed by atoms with E-state index in [-0.39, 0.29) is 0 Å². The number of rotatable bonds is 10. The fraction of sp³-hybridized carbons (Fsp3) is 0.550. The molecule has 2 rings (SSSR count). The minimum atomic E-state index is 0.827. The van der Waals surface area contributed by atoms with Gasteiger partial charge in [0.25, 0.3) is 0 Å². The smallest absolute Gasteiger partial charge is 0.0481 e. The molecule has 0 aliphatic carbocycles. The maximum Gasteiger partial charge on any atom is 0.0481 e. The first-order valence-electron chi connectivity index (χ1n) is 8.94. The van der Waals surface area contributed by atoms with Crippen LogP contribution in [0.3, 0.4) is 0 Å². The van der Waals surface area contributed by atoms with Gasteiger partial charge in [-0.1, -0.05) is 64.4 Å². The molecule has 0 unspecified atom stereocenters. The van der Waals surface area contributed by atoms with Crippen molar-refractivity contribution in [2.75, 3.05) is 5.73 Å². The maximum atomic E-state index is 5.85. The van der Waals surface area contributed by atoms with Crippen LogP contribution in [0, 0.1) is 0 Å². The number of fused-ring (bicyclic) bond motifs is 1. The zero-order valence-electron chi connectivity index (χ0n) is 14.0. The third kappa shape index (κ3) is 5.32. The Kier molecular flexibility index (Phi) is 7.21. The fourth-order valence-corrected chi connectivity index (χ4v) is 3.06. The van der Waals surface area contributed by atoms with E-state index in [4.69, 9.17) is 5.73 Å². The second kappa shape index (κ2) is 9.45. The van der Waals surface area contributed by atoms with Gasteiger partial charge in [0.15, 0.2) is 0 Å². The van der Waals surface area contributed by atoms with Gasteiger partial charge in [-0.15, -0.1) is 0 Å². The lowest BCUT2D eigenvalue weighted by molar-refractivity contribution is 0.564. The van der Waals surface area contributed by atoms with Crippen LogP contribution in [0.2, 0.25) is 0 Å². The molecule has 2 aromatic rings. The topological polar surface area (TPSA) is 38.9 Å². The Morgan fingerprint density at radius 1 is 0.864 bits per heavy atom. The SMILES string of the molecule is CCCCCCCCCCCc1nccc2cc(N)ccc12. The molecular weight excluding hydrogens is 268 g/mol. The van der Waals surface area contributed by atoms with Crippen molar-refractivity contribution in [3.8, 4) is 0 Å². The normalized spacial score (nSPS) is 11.1. The van der Waals surface area contributed by atoms with Gasteiger partial charge in [0, 0.05) is 23.0 Å². The Balaban J connectivity index is 1.69. The fourth-order valence-electron chi connectivity index (χ4n) is 3.06. The number of hydrogen-bond donors (Lipinski definition) is 1. The van der Waals surface area contributed by atoms with Crippen molar-refractivity contribution >= 4 is 16.5 Å². The van der Waals surface area contributed by atoms with Crippen molar-refractivity contribution in [2.45, 2.75) is 71.1 Å². The number of anilines is 1. The number of nitrogens with two attached hydrogens (primary N) is 1. The molecule has 0 radical (unpaired) electrons. The number of unbranched alkanes of at least 4 members (excludes halogenated alkanes) is 8. The van der Waals surface area contributed by atoms with Crippen molar-refractivity contribution in [1.82, 2.24) is 4.98 Å². The van der Waals surface area contributed by atoms with Crippen molar-refractivity contribution in [1.29, 1.82) is 0 Å². The molecule has 22 heavy (non-hydrogen) atoms. The second-order valence-electron chi connectivity index (χ2n) is 6.32. The standard InChI is InChI=1S/C20H30N2/c1-2-3-4-5-6-7-8-9-10-11-20-19-13-12-18(21)16-17(19)14-15-22-20/h12-16H,2-11,21H2,1H3. The lowest BCUT2D eigenvalue weighted by atomic mass is 10.0. The lowest BCUT2D eigenvalue weighted by Crippen LogP contribution is -1.93. The molecule has 0 amide bonds. The van der Waals surface area contributed by atoms with Gasteiger partial charge in [-0.05, 0) is 36.4 Å². The molecule has 1 aromatic heterocycles. The molecule has 1 heterocycles. The van der Waals surface area contributed by atoms with Crippen molar-refractivity contribution < 1.29 is 0 Å². The van der Waals surface area contributed by atoms with Crippen molar-refractivity contribution in [3.63, 3.8) is 0 Å². The summed E-state index contributed by atoms with van der Waals surface area (Å²) >= 11 is 0. The lowest BCUT2D eigenvalue weighted by Gasteiger charge is -2.06. The van der Waals surface area contributed by atoms with Crippen LogP contribution < -0.4 is 5.73 Å². The largest absolute Gasteiger partial charge is 0.399 e. The minimum Gasteiger partial charge on any atom is -0.399 e. The Bertz CT molecular complexity index is 563. The Hall–Kier alpha value is -1.57. The third-order valence-electron chi connectivity index (χ3n) is 4.39. The molecule has 2 heteroatoms. The molecule has 0 saturated carbocycles. The van der Waals surface area contributed by atoms with E-state index in [0.717, 1.165) is 12.1 Å². The zero-order chi connectivity index (χ0) is 15.6. The van der Waals surface area contributed by atoms with Gasteiger partial charge < -0.3 is 5.73 Å². The molecule has 2 nitrogen and oxygen atoms in total. The zero-order valence-corrected chi connectivity index (χ0v) is 14.0. The van der Waals surface area contributed by atoms with E-state index in [1.165, 1.54) is 74.3 Å². The van der Waals surface area contributed by atoms with Gasteiger partial charge in [-0.3, -0.25) is 4.98 Å². The van der Waals surface area contributed by atoms with E-state index in [9.17, 15) is 0 Å². The van der Waals surface area contributed by atoms with Crippen LogP contribution in [-0.2, 0) is 6.42 Å². The first-order valence-corrected chi connectivity index (χ1v) is 8.94. The van der Waals surface area contributed by atoms with Gasteiger partial charge in [-0.2, -0.15) is 0 Å². The van der Waals surface area contributed by atoms with Crippen LogP contribution >= 0.6 is 0 Å². The van der Waals surface area contributed by atoms with Crippen molar-refractivity contribution in [3.05, 3.63) is 36.2 Å². The summed E-state index contributed by atoms with van der Waals surface area (Å²) in [5.41, 5.74) is 7.90. The summed E-state index contributed by atoms with van der Waals surface area (Å²) in [6, 6.07) is 8.17. The average molecular weight is 298 g/mol. The molecule has 0 saturated heterocycles. The van der Waals surface area contributed by atoms with E-state index in [0.29, 0.717) is 0 Å². The summed E-state index contributed by atoms with van der Waals surface area (Å²) in [5, 5.41) is 2.47. The molecule has 0 aliphatic heterocycles. The molecule has 1 aromatic carbocycles. The summed E-state index contributed by atoms with van der Waals surface area (Å²) in [7, 11) is 0. The van der Waals surface area contributed by atoms with Crippen LogP contribution in [0.25, 0.3) is 10.8 Å². The summed E-state index contributed by atoms with van der Waals surface area (Å²) in [6.45, 7) is 2.27. The summed E-state index contributed by atoms with van der Waals surface area (Å²) in [5.74, 6) is 0. The van der Waals surface area contributed by atoms with E-state index in [1.54, 1.807) is 0 Å². The molecule has 0 spiro atoms. The molecule has 120 valence electrons. The number of nitrogen functional groups attached to an aromatic ring is 1. The molecule has 0 bridgehead atoms. The Labute approximate surface area is 135 Å². The number of benzene rings is 1. The molecule has 0 fully saturated rings. The highest BCUT2D eigenvalue weighted by Gasteiger charge is 2.02. The predicted molar refractivity (Wildman–Crippen MR) is 97.1 cm³/mol. The first-order chi connectivity index (χ1) is 10.8. The monoisotopic (exact) mass is 298 g/mol. The van der Waals surface area contributed by atoms with Gasteiger partial charge in [-0.25, -0.2) is 0 Å². The second-order valence-corrected chi connectivity index (χ2v) is 6.32. The number of nitrogens with zero attached hydrogens (tertiary/aromatic N) is 1. The van der Waals surface area contributed by atoms with E-state index in [1.807, 2.05) is 24.4 Å². The summed E-state index contributed by atoms with van der Waals surface area (Å²) < 4.78 is 0. The molecule has 2 N–H and O–H groups in total. The third-order valence-corrected chi connectivity index (χ3v) is 4.39. The Morgan fingerprint density at radius 2 is 1.55 bits per heavy atom. The van der Waals surface area contributed by atoms with Crippen LogP contribution in [0.5, 0.6) is 0 Å². The highest BCUT2D eigenvalue weighted by molar-refractivity contribution is 5.87. The first kappa shape index (κ1) is 16.8. The molecule has 0 aliphatic rings. The van der Waals surface area contributed by atoms with Crippen LogP contribution in [0.4, 0.5) is 5.69 Å². The van der Waals surface area contributed by atoms with Crippen LogP contribution in [0.15, 0.2) is 30.5 Å². The number of pyridine rings is 1. The highest BCUT2D eigenvalue weighted by Crippen LogP contribution is 2.21. The summed E-state index contributed by atoms with van der Waals surface area (Å²) in [6.07, 6.45) is 15.3. The quantitative estimate of drug-likeness (QED) is 0.438. The molecule has 0 atom stereocenters. The summed E-state index contributed by atoms with van der Waals surface area (Å²) in [4.78, 5) is 4.56. The number of aryl methyl sites for hydroxylation is 1. The van der Waals surface area contributed by atoms with Gasteiger partial charge >= 0.3 is 0 Å². The van der Waals surface area contributed by atoms with Crippen LogP contribution in [0.1, 0.15) is 70.4 Å². The predicted octanol–water partition coefficient (Wildman–Crippen LogP) is 5.89. The average Bonchev–Trinajstić information content (AvgIpc) is 2.53. The van der Waals surface area contributed by atoms with Gasteiger partial charge in [0.2, 0.25) is 0 Å². The number of aromatic nitrogens is 1. The molecular formula is C20H30N2. The van der Waals surface area contributed by atoms with E-state index >= 15 is 0 Å². The minimum absolute atomic E-state index is 0.827. The van der Waals surface area contributed by atoms with Gasteiger partial charge in [0.05, 0.1) is 0 Å². The maximum absolute atomic E-state index is 5.85.